The minimum absolute atomic E-state index is 0.0772. The molecule has 1 aliphatic rings. The van der Waals surface area contributed by atoms with Crippen molar-refractivity contribution in [3.8, 4) is 5.75 Å². The molecule has 114 valence electrons. The Hall–Kier alpha value is -2.13. The number of nitrogens with one attached hydrogen (secondary N) is 1. The number of hydrogen-bond acceptors (Lipinski definition) is 3. The lowest BCUT2D eigenvalue weighted by atomic mass is 9.95. The smallest absolute Gasteiger partial charge is 0.174 e. The number of Topliss-reactive ketones (excluding diaryl/α,β-unsaturated/α-hetero) is 1. The van der Waals surface area contributed by atoms with Crippen molar-refractivity contribution < 1.29 is 9.53 Å². The van der Waals surface area contributed by atoms with E-state index >= 15 is 0 Å². The van der Waals surface area contributed by atoms with Gasteiger partial charge < -0.3 is 10.1 Å². The molecule has 0 amide bonds. The molecule has 0 saturated heterocycles. The largest absolute Gasteiger partial charge is 0.492 e. The molecule has 1 aliphatic heterocycles. The highest BCUT2D eigenvalue weighted by Crippen LogP contribution is 2.26. The Bertz CT molecular complexity index is 624. The van der Waals surface area contributed by atoms with E-state index in [-0.39, 0.29) is 11.7 Å². The standard InChI is InChI=1S/C19H21NO2/c21-19-16(14-22-18-11-5-4-10-17(18)19)13-20-12-6-9-15-7-2-1-3-8-15/h1-5,7-8,10-11,16,20H,6,9,12-14H2/t16-/m0/s1. The molecule has 3 rings (SSSR count). The van der Waals surface area contributed by atoms with Gasteiger partial charge in [-0.05, 0) is 37.1 Å². The van der Waals surface area contributed by atoms with E-state index in [1.54, 1.807) is 0 Å². The van der Waals surface area contributed by atoms with Gasteiger partial charge in [0.05, 0.1) is 18.1 Å². The van der Waals surface area contributed by atoms with Crippen molar-refractivity contribution in [3.05, 3.63) is 65.7 Å². The average molecular weight is 295 g/mol. The maximum absolute atomic E-state index is 12.4. The molecule has 0 spiro atoms. The van der Waals surface area contributed by atoms with Crippen LogP contribution in [-0.4, -0.2) is 25.5 Å². The number of fused-ring (bicyclic) bond motifs is 1. The molecule has 0 bridgehead atoms. The lowest BCUT2D eigenvalue weighted by molar-refractivity contribution is 0.0830. The highest BCUT2D eigenvalue weighted by Gasteiger charge is 2.27. The third-order valence-electron chi connectivity index (χ3n) is 4.02. The molecular weight excluding hydrogens is 274 g/mol. The fraction of sp³-hybridized carbons (Fsp3) is 0.316. The number of aryl methyl sites for hydroxylation is 1. The Labute approximate surface area is 131 Å². The predicted molar refractivity (Wildman–Crippen MR) is 87.4 cm³/mol. The highest BCUT2D eigenvalue weighted by atomic mass is 16.5. The van der Waals surface area contributed by atoms with Crippen LogP contribution >= 0.6 is 0 Å². The lowest BCUT2D eigenvalue weighted by Gasteiger charge is -2.24. The zero-order chi connectivity index (χ0) is 15.2. The molecule has 0 unspecified atom stereocenters. The molecule has 0 radical (unpaired) electrons. The Morgan fingerprint density at radius 2 is 1.82 bits per heavy atom. The summed E-state index contributed by atoms with van der Waals surface area (Å²) in [5.74, 6) is 0.830. The first-order valence-corrected chi connectivity index (χ1v) is 7.85. The van der Waals surface area contributed by atoms with Gasteiger partial charge >= 0.3 is 0 Å². The minimum atomic E-state index is -0.0772. The van der Waals surface area contributed by atoms with Crippen LogP contribution in [0.25, 0.3) is 0 Å². The predicted octanol–water partition coefficient (Wildman–Crippen LogP) is 3.10. The summed E-state index contributed by atoms with van der Waals surface area (Å²) in [6, 6.07) is 18.0. The first kappa shape index (κ1) is 14.8. The number of carbonyl (C=O) groups is 1. The Morgan fingerprint density at radius 3 is 2.68 bits per heavy atom. The van der Waals surface area contributed by atoms with E-state index < -0.39 is 0 Å². The Kier molecular flexibility index (Phi) is 4.86. The third kappa shape index (κ3) is 3.55. The molecule has 2 aromatic rings. The van der Waals surface area contributed by atoms with Crippen LogP contribution < -0.4 is 10.1 Å². The van der Waals surface area contributed by atoms with Gasteiger partial charge in [0.2, 0.25) is 0 Å². The van der Waals surface area contributed by atoms with Gasteiger partial charge in [0.15, 0.2) is 5.78 Å². The average Bonchev–Trinajstić information content (AvgIpc) is 2.58. The monoisotopic (exact) mass is 295 g/mol. The molecule has 3 heteroatoms. The van der Waals surface area contributed by atoms with E-state index in [0.717, 1.165) is 19.4 Å². The van der Waals surface area contributed by atoms with E-state index in [1.165, 1.54) is 5.56 Å². The van der Waals surface area contributed by atoms with Crippen LogP contribution in [0.5, 0.6) is 5.75 Å². The molecule has 22 heavy (non-hydrogen) atoms. The van der Waals surface area contributed by atoms with Crippen LogP contribution in [0, 0.1) is 5.92 Å². The summed E-state index contributed by atoms with van der Waals surface area (Å²) >= 11 is 0. The molecule has 1 N–H and O–H groups in total. The maximum Gasteiger partial charge on any atom is 0.174 e. The lowest BCUT2D eigenvalue weighted by Crippen LogP contribution is -2.36. The van der Waals surface area contributed by atoms with Crippen LogP contribution in [0.2, 0.25) is 0 Å². The van der Waals surface area contributed by atoms with E-state index in [1.807, 2.05) is 30.3 Å². The van der Waals surface area contributed by atoms with Crippen LogP contribution in [0.1, 0.15) is 22.3 Å². The number of rotatable bonds is 6. The van der Waals surface area contributed by atoms with Crippen molar-refractivity contribution in [2.24, 2.45) is 5.92 Å². The minimum Gasteiger partial charge on any atom is -0.492 e. The van der Waals surface area contributed by atoms with Gasteiger partial charge in [-0.25, -0.2) is 0 Å². The van der Waals surface area contributed by atoms with Crippen molar-refractivity contribution in [2.45, 2.75) is 12.8 Å². The fourth-order valence-corrected chi connectivity index (χ4v) is 2.77. The molecule has 0 aromatic heterocycles. The van der Waals surface area contributed by atoms with Gasteiger partial charge in [-0.15, -0.1) is 0 Å². The molecule has 3 nitrogen and oxygen atoms in total. The SMILES string of the molecule is O=C1c2ccccc2OC[C@@H]1CNCCCc1ccccc1. The number of hydrogen-bond donors (Lipinski definition) is 1. The van der Waals surface area contributed by atoms with Crippen LogP contribution in [0.3, 0.4) is 0 Å². The van der Waals surface area contributed by atoms with Crippen LogP contribution in [0.15, 0.2) is 54.6 Å². The van der Waals surface area contributed by atoms with Gasteiger partial charge in [-0.1, -0.05) is 42.5 Å². The van der Waals surface area contributed by atoms with Gasteiger partial charge in [0.1, 0.15) is 5.75 Å². The van der Waals surface area contributed by atoms with Crippen molar-refractivity contribution in [3.63, 3.8) is 0 Å². The number of benzene rings is 2. The second-order valence-corrected chi connectivity index (χ2v) is 5.66. The molecule has 1 heterocycles. The Morgan fingerprint density at radius 1 is 1.05 bits per heavy atom. The topological polar surface area (TPSA) is 38.3 Å². The second-order valence-electron chi connectivity index (χ2n) is 5.66. The van der Waals surface area contributed by atoms with Crippen molar-refractivity contribution >= 4 is 5.78 Å². The van der Waals surface area contributed by atoms with Gasteiger partial charge in [0, 0.05) is 6.54 Å². The summed E-state index contributed by atoms with van der Waals surface area (Å²) in [5, 5.41) is 3.39. The van der Waals surface area contributed by atoms with Crippen molar-refractivity contribution in [2.75, 3.05) is 19.7 Å². The quantitative estimate of drug-likeness (QED) is 0.832. The van der Waals surface area contributed by atoms with Crippen molar-refractivity contribution in [1.29, 1.82) is 0 Å². The molecule has 0 saturated carbocycles. The maximum atomic E-state index is 12.4. The summed E-state index contributed by atoms with van der Waals surface area (Å²) in [7, 11) is 0. The van der Waals surface area contributed by atoms with Crippen LogP contribution in [-0.2, 0) is 6.42 Å². The summed E-state index contributed by atoms with van der Waals surface area (Å²) in [4.78, 5) is 12.4. The third-order valence-corrected chi connectivity index (χ3v) is 4.02. The highest BCUT2D eigenvalue weighted by molar-refractivity contribution is 6.01. The first-order chi connectivity index (χ1) is 10.8. The zero-order valence-corrected chi connectivity index (χ0v) is 12.6. The molecule has 1 atom stereocenters. The molecule has 2 aromatic carbocycles. The normalized spacial score (nSPS) is 16.9. The molecule has 0 aliphatic carbocycles. The first-order valence-electron chi connectivity index (χ1n) is 7.85. The molecular formula is C19H21NO2. The number of para-hydroxylation sites is 1. The second kappa shape index (κ2) is 7.23. The van der Waals surface area contributed by atoms with E-state index in [0.29, 0.717) is 24.5 Å². The van der Waals surface area contributed by atoms with Gasteiger partial charge in [-0.2, -0.15) is 0 Å². The van der Waals surface area contributed by atoms with Gasteiger partial charge in [-0.3, -0.25) is 4.79 Å². The van der Waals surface area contributed by atoms with Crippen LogP contribution in [0.4, 0.5) is 0 Å². The summed E-state index contributed by atoms with van der Waals surface area (Å²) in [6.45, 7) is 2.07. The van der Waals surface area contributed by atoms with E-state index in [9.17, 15) is 4.79 Å². The molecule has 0 fully saturated rings. The Balaban J connectivity index is 1.42. The summed E-state index contributed by atoms with van der Waals surface area (Å²) in [5.41, 5.74) is 2.07. The number of ketones is 1. The summed E-state index contributed by atoms with van der Waals surface area (Å²) < 4.78 is 5.67. The summed E-state index contributed by atoms with van der Waals surface area (Å²) in [6.07, 6.45) is 2.13. The van der Waals surface area contributed by atoms with E-state index in [4.69, 9.17) is 4.74 Å². The zero-order valence-electron chi connectivity index (χ0n) is 12.6. The van der Waals surface area contributed by atoms with E-state index in [2.05, 4.69) is 29.6 Å². The van der Waals surface area contributed by atoms with Gasteiger partial charge in [0.25, 0.3) is 0 Å². The fourth-order valence-electron chi connectivity index (χ4n) is 2.77. The number of carbonyl (C=O) groups excluding carboxylic acids is 1. The number of ether oxygens (including phenoxy) is 1. The van der Waals surface area contributed by atoms with Crippen molar-refractivity contribution in [1.82, 2.24) is 5.32 Å².